The molecule has 0 amide bonds. The first-order chi connectivity index (χ1) is 28.2. The van der Waals surface area contributed by atoms with E-state index in [0.29, 0.717) is 39.2 Å². The first-order valence-corrected chi connectivity index (χ1v) is 18.7. The highest BCUT2D eigenvalue weighted by Gasteiger charge is 2.43. The maximum Gasteiger partial charge on any atom is 0.349 e. The molecule has 0 bridgehead atoms. The monoisotopic (exact) mass is 804 g/mol. The van der Waals surface area contributed by atoms with Gasteiger partial charge in [0.05, 0.1) is 38.4 Å². The SMILES string of the molecule is COc1ccc(C(OC[C@H](OC(C)=O)[C@@H](OC(C)=O)[C@H](Cn2c3nc(=O)[nH]c(=O)c-3nc3cc(C)c(C)cc32)OC(C)=O)(c2ccccc2)c2ccc(OC)cc2)cc1. The van der Waals surface area contributed by atoms with Crippen LogP contribution in [-0.4, -0.2) is 76.6 Å². The second-order valence-electron chi connectivity index (χ2n) is 13.9. The highest BCUT2D eigenvalue weighted by Crippen LogP contribution is 2.42. The Kier molecular flexibility index (Phi) is 12.5. The molecular weight excluding hydrogens is 761 g/mol. The number of aromatic amines is 1. The molecule has 0 radical (unpaired) electrons. The fourth-order valence-electron chi connectivity index (χ4n) is 7.11. The third-order valence-electron chi connectivity index (χ3n) is 9.89. The van der Waals surface area contributed by atoms with E-state index in [0.717, 1.165) is 18.1 Å². The number of carbonyl (C=O) groups is 3. The van der Waals surface area contributed by atoms with Crippen LogP contribution in [0.2, 0.25) is 0 Å². The summed E-state index contributed by atoms with van der Waals surface area (Å²) in [6.45, 7) is 6.50. The lowest BCUT2D eigenvalue weighted by atomic mass is 9.80. The van der Waals surface area contributed by atoms with Crippen LogP contribution in [0.1, 0.15) is 48.6 Å². The number of nitrogens with one attached hydrogen (secondary N) is 1. The van der Waals surface area contributed by atoms with E-state index in [9.17, 15) is 24.0 Å². The Hall–Kier alpha value is -6.87. The van der Waals surface area contributed by atoms with Crippen LogP contribution < -0.4 is 20.7 Å². The number of rotatable bonds is 15. The van der Waals surface area contributed by atoms with Crippen molar-refractivity contribution in [3.05, 3.63) is 140 Å². The van der Waals surface area contributed by atoms with E-state index in [1.807, 2.05) is 68.4 Å². The van der Waals surface area contributed by atoms with Gasteiger partial charge in [0.25, 0.3) is 5.56 Å². The van der Waals surface area contributed by atoms with Crippen LogP contribution in [0.25, 0.3) is 22.6 Å². The van der Waals surface area contributed by atoms with Gasteiger partial charge in [-0.15, -0.1) is 0 Å². The smallest absolute Gasteiger partial charge is 0.349 e. The lowest BCUT2D eigenvalue weighted by Gasteiger charge is -2.39. The molecule has 2 heterocycles. The Morgan fingerprint density at radius 2 is 1.22 bits per heavy atom. The predicted octanol–water partition coefficient (Wildman–Crippen LogP) is 5.02. The van der Waals surface area contributed by atoms with Crippen LogP contribution in [0.5, 0.6) is 11.5 Å². The van der Waals surface area contributed by atoms with E-state index in [1.165, 1.54) is 18.4 Å². The molecule has 0 fully saturated rings. The number of ether oxygens (including phenoxy) is 6. The van der Waals surface area contributed by atoms with Crippen molar-refractivity contribution in [2.75, 3.05) is 20.8 Å². The van der Waals surface area contributed by atoms with Gasteiger partial charge < -0.3 is 33.0 Å². The molecule has 15 nitrogen and oxygen atoms in total. The molecule has 3 atom stereocenters. The molecule has 0 aromatic heterocycles. The summed E-state index contributed by atoms with van der Waals surface area (Å²) in [5, 5.41) is 0. The standard InChI is InChI=1S/C44H44N4O11/c1-25-21-35-36(22-26(25)2)48(41-39(45-35)42(52)47-43(53)46-41)23-37(57-27(3)49)40(59-29(5)51)38(58-28(4)50)24-56-44(30-11-9-8-10-12-30,31-13-17-33(54-6)18-14-31)32-15-19-34(55-7)20-16-32/h8-22,37-38,40H,23-24H2,1-7H3,(H,47,52,53)/t37-,38-,40-/m0/s1. The van der Waals surface area contributed by atoms with E-state index in [-0.39, 0.29) is 18.1 Å². The molecule has 1 N–H and O–H groups in total. The second-order valence-corrected chi connectivity index (χ2v) is 13.9. The minimum absolute atomic E-state index is 0.115. The maximum absolute atomic E-state index is 13.1. The van der Waals surface area contributed by atoms with Crippen LogP contribution in [0.15, 0.2) is 101 Å². The van der Waals surface area contributed by atoms with Crippen molar-refractivity contribution in [1.29, 1.82) is 0 Å². The van der Waals surface area contributed by atoms with Crippen LogP contribution in [-0.2, 0) is 45.5 Å². The molecule has 0 saturated carbocycles. The van der Waals surface area contributed by atoms with Crippen LogP contribution in [0.3, 0.4) is 0 Å². The van der Waals surface area contributed by atoms with Crippen molar-refractivity contribution in [2.45, 2.75) is 65.1 Å². The van der Waals surface area contributed by atoms with E-state index in [2.05, 4.69) is 15.0 Å². The van der Waals surface area contributed by atoms with Gasteiger partial charge in [-0.1, -0.05) is 54.6 Å². The average Bonchev–Trinajstić information content (AvgIpc) is 3.21. The zero-order valence-corrected chi connectivity index (χ0v) is 33.6. The molecule has 306 valence electrons. The van der Waals surface area contributed by atoms with Crippen LogP contribution in [0.4, 0.5) is 0 Å². The first kappa shape index (κ1) is 41.8. The van der Waals surface area contributed by atoms with Gasteiger partial charge in [-0.05, 0) is 78.1 Å². The highest BCUT2D eigenvalue weighted by atomic mass is 16.6. The molecule has 0 spiro atoms. The zero-order chi connectivity index (χ0) is 42.4. The van der Waals surface area contributed by atoms with Crippen LogP contribution >= 0.6 is 0 Å². The molecule has 2 aliphatic rings. The van der Waals surface area contributed by atoms with E-state index < -0.39 is 59.7 Å². The van der Waals surface area contributed by atoms with Crippen molar-refractivity contribution < 1.29 is 42.8 Å². The molecule has 4 aromatic carbocycles. The number of fused-ring (bicyclic) bond motifs is 2. The Morgan fingerprint density at radius 3 is 1.76 bits per heavy atom. The summed E-state index contributed by atoms with van der Waals surface area (Å²) in [7, 11) is 3.12. The fraction of sp³-hybridized carbons (Fsp3) is 0.295. The van der Waals surface area contributed by atoms with Crippen molar-refractivity contribution in [3.8, 4) is 23.0 Å². The Morgan fingerprint density at radius 1 is 0.695 bits per heavy atom. The molecule has 59 heavy (non-hydrogen) atoms. The number of benzene rings is 4. The van der Waals surface area contributed by atoms with Gasteiger partial charge in [0.1, 0.15) is 17.1 Å². The van der Waals surface area contributed by atoms with Crippen molar-refractivity contribution in [2.24, 2.45) is 0 Å². The second kappa shape index (κ2) is 17.7. The molecule has 6 rings (SSSR count). The summed E-state index contributed by atoms with van der Waals surface area (Å²) in [5.74, 6) is -1.23. The van der Waals surface area contributed by atoms with E-state index >= 15 is 0 Å². The normalized spacial score (nSPS) is 13.0. The highest BCUT2D eigenvalue weighted by molar-refractivity contribution is 5.81. The molecule has 4 aromatic rings. The van der Waals surface area contributed by atoms with Gasteiger partial charge in [-0.25, -0.2) is 9.78 Å². The summed E-state index contributed by atoms with van der Waals surface area (Å²) in [4.78, 5) is 75.4. The number of H-pyrrole nitrogens is 1. The molecule has 15 heteroatoms. The number of hydrogen-bond donors (Lipinski definition) is 1. The summed E-state index contributed by atoms with van der Waals surface area (Å²) < 4.78 is 37.2. The molecule has 2 aliphatic heterocycles. The largest absolute Gasteiger partial charge is 0.497 e. The summed E-state index contributed by atoms with van der Waals surface area (Å²) in [6, 6.07) is 27.5. The van der Waals surface area contributed by atoms with Gasteiger partial charge in [0.15, 0.2) is 29.8 Å². The van der Waals surface area contributed by atoms with Gasteiger partial charge in [0.2, 0.25) is 0 Å². The third-order valence-corrected chi connectivity index (χ3v) is 9.89. The zero-order valence-electron chi connectivity index (χ0n) is 33.6. The lowest BCUT2D eigenvalue weighted by molar-refractivity contribution is -0.192. The number of aromatic nitrogens is 4. The topological polar surface area (TPSA) is 187 Å². The number of methoxy groups -OCH3 is 2. The molecule has 0 saturated heterocycles. The fourth-order valence-corrected chi connectivity index (χ4v) is 7.11. The van der Waals surface area contributed by atoms with Gasteiger partial charge in [-0.2, -0.15) is 4.98 Å². The van der Waals surface area contributed by atoms with Gasteiger partial charge in [0, 0.05) is 20.8 Å². The van der Waals surface area contributed by atoms with E-state index in [1.54, 1.807) is 50.6 Å². The lowest BCUT2D eigenvalue weighted by Crippen LogP contribution is -2.50. The van der Waals surface area contributed by atoms with Crippen molar-refractivity contribution in [3.63, 3.8) is 0 Å². The quantitative estimate of drug-likeness (QED) is 0.0632. The summed E-state index contributed by atoms with van der Waals surface area (Å²) in [5.41, 5.74) is 1.29. The average molecular weight is 805 g/mol. The minimum atomic E-state index is -1.52. The predicted molar refractivity (Wildman–Crippen MR) is 215 cm³/mol. The first-order valence-electron chi connectivity index (χ1n) is 18.7. The Labute approximate surface area is 339 Å². The van der Waals surface area contributed by atoms with Crippen molar-refractivity contribution >= 4 is 28.9 Å². The van der Waals surface area contributed by atoms with Crippen LogP contribution in [0, 0.1) is 13.8 Å². The molecule has 0 unspecified atom stereocenters. The minimum Gasteiger partial charge on any atom is -0.497 e. The molecular formula is C44H44N4O11. The number of carbonyl (C=O) groups excluding carboxylic acids is 3. The Bertz CT molecular complexity index is 2500. The van der Waals surface area contributed by atoms with E-state index in [4.69, 9.17) is 28.4 Å². The number of esters is 3. The number of aryl methyl sites for hydroxylation is 2. The number of nitrogens with zero attached hydrogens (tertiary/aromatic N) is 3. The number of hydrogen-bond acceptors (Lipinski definition) is 13. The van der Waals surface area contributed by atoms with Gasteiger partial charge >= 0.3 is 23.6 Å². The van der Waals surface area contributed by atoms with Crippen molar-refractivity contribution in [1.82, 2.24) is 19.5 Å². The summed E-state index contributed by atoms with van der Waals surface area (Å²) in [6.07, 6.45) is -4.36. The van der Waals surface area contributed by atoms with Gasteiger partial charge in [-0.3, -0.25) is 24.2 Å². The maximum atomic E-state index is 13.1. The molecule has 0 aliphatic carbocycles. The Balaban J connectivity index is 1.54. The third kappa shape index (κ3) is 9.00. The summed E-state index contributed by atoms with van der Waals surface area (Å²) >= 11 is 0.